The van der Waals surface area contributed by atoms with Crippen LogP contribution < -0.4 is 5.32 Å². The summed E-state index contributed by atoms with van der Waals surface area (Å²) < 4.78 is 13.3. The van der Waals surface area contributed by atoms with Gasteiger partial charge in [-0.3, -0.25) is 9.79 Å². The zero-order valence-electron chi connectivity index (χ0n) is 10.5. The molecule has 0 aliphatic rings. The summed E-state index contributed by atoms with van der Waals surface area (Å²) in [7, 11) is 1.79. The van der Waals surface area contributed by atoms with Gasteiger partial charge in [-0.1, -0.05) is 13.8 Å². The molecule has 2 atom stereocenters. The molecule has 0 saturated carbocycles. The summed E-state index contributed by atoms with van der Waals surface area (Å²) in [5.41, 5.74) is 0. The first-order chi connectivity index (χ1) is 7.61. The Bertz CT molecular complexity index is 219. The Labute approximate surface area is 97.5 Å². The third-order valence-electron chi connectivity index (χ3n) is 2.32. The second kappa shape index (κ2) is 9.46. The van der Waals surface area contributed by atoms with Crippen molar-refractivity contribution in [2.24, 2.45) is 10.9 Å². The first kappa shape index (κ1) is 15.2. The topological polar surface area (TPSA) is 41.5 Å². The summed E-state index contributed by atoms with van der Waals surface area (Å²) in [6, 6.07) is 0. The molecule has 4 heteroatoms. The highest BCUT2D eigenvalue weighted by atomic mass is 19.1. The number of nitrogens with zero attached hydrogens (tertiary/aromatic N) is 1. The number of aliphatic imine (C=N–C) groups is 1. The molecule has 0 aliphatic heterocycles. The van der Waals surface area contributed by atoms with Crippen molar-refractivity contribution in [1.82, 2.24) is 5.32 Å². The average molecular weight is 230 g/mol. The monoisotopic (exact) mass is 230 g/mol. The third kappa shape index (κ3) is 7.51. The van der Waals surface area contributed by atoms with Gasteiger partial charge in [-0.2, -0.15) is 0 Å². The Morgan fingerprint density at radius 1 is 1.50 bits per heavy atom. The van der Waals surface area contributed by atoms with Crippen LogP contribution in [0.5, 0.6) is 0 Å². The molecule has 0 spiro atoms. The normalized spacial score (nSPS) is 15.2. The Morgan fingerprint density at radius 3 is 2.75 bits per heavy atom. The fourth-order valence-corrected chi connectivity index (χ4v) is 1.37. The largest absolute Gasteiger partial charge is 0.319 e. The number of carbonyl (C=O) groups excluding carboxylic acids is 1. The van der Waals surface area contributed by atoms with Gasteiger partial charge in [0.1, 0.15) is 5.78 Å². The molecule has 0 radical (unpaired) electrons. The molecular weight excluding hydrogens is 207 g/mol. The SMILES string of the molecule is CCCC(=O)CCC=N[C@H](F)C(C)CNC. The van der Waals surface area contributed by atoms with E-state index >= 15 is 0 Å². The molecule has 0 saturated heterocycles. The number of hydrogen-bond donors (Lipinski definition) is 1. The lowest BCUT2D eigenvalue weighted by atomic mass is 10.1. The lowest BCUT2D eigenvalue weighted by molar-refractivity contribution is -0.118. The van der Waals surface area contributed by atoms with E-state index in [0.29, 0.717) is 25.8 Å². The molecule has 0 bridgehead atoms. The van der Waals surface area contributed by atoms with E-state index in [1.54, 1.807) is 14.0 Å². The Kier molecular flexibility index (Phi) is 9.00. The van der Waals surface area contributed by atoms with Crippen molar-refractivity contribution in [3.05, 3.63) is 0 Å². The fraction of sp³-hybridized carbons (Fsp3) is 0.833. The van der Waals surface area contributed by atoms with Crippen LogP contribution in [0.15, 0.2) is 4.99 Å². The van der Waals surface area contributed by atoms with Gasteiger partial charge in [-0.15, -0.1) is 0 Å². The molecule has 1 N–H and O–H groups in total. The molecule has 94 valence electrons. The van der Waals surface area contributed by atoms with Crippen LogP contribution in [0.25, 0.3) is 0 Å². The molecule has 0 aromatic carbocycles. The molecule has 0 rings (SSSR count). The minimum Gasteiger partial charge on any atom is -0.319 e. The van der Waals surface area contributed by atoms with Crippen LogP contribution in [0.2, 0.25) is 0 Å². The number of nitrogens with one attached hydrogen (secondary N) is 1. The number of alkyl halides is 1. The molecule has 0 fully saturated rings. The lowest BCUT2D eigenvalue weighted by Gasteiger charge is -2.11. The molecule has 16 heavy (non-hydrogen) atoms. The number of hydrogen-bond acceptors (Lipinski definition) is 3. The number of carbonyl (C=O) groups is 1. The van der Waals surface area contributed by atoms with Crippen LogP contribution >= 0.6 is 0 Å². The quantitative estimate of drug-likeness (QED) is 0.488. The predicted octanol–water partition coefficient (Wildman–Crippen LogP) is 2.36. The van der Waals surface area contributed by atoms with Crippen molar-refractivity contribution < 1.29 is 9.18 Å². The van der Waals surface area contributed by atoms with Crippen molar-refractivity contribution in [2.75, 3.05) is 13.6 Å². The van der Waals surface area contributed by atoms with Crippen molar-refractivity contribution in [2.45, 2.75) is 45.8 Å². The van der Waals surface area contributed by atoms with E-state index in [-0.39, 0.29) is 11.7 Å². The van der Waals surface area contributed by atoms with E-state index in [9.17, 15) is 9.18 Å². The van der Waals surface area contributed by atoms with Gasteiger partial charge in [0.2, 0.25) is 0 Å². The Morgan fingerprint density at radius 2 is 2.19 bits per heavy atom. The number of Topliss-reactive ketones (excluding diaryl/α,β-unsaturated/α-hetero) is 1. The van der Waals surface area contributed by atoms with Gasteiger partial charge in [0.15, 0.2) is 6.30 Å². The Balaban J connectivity index is 3.70. The number of ketones is 1. The summed E-state index contributed by atoms with van der Waals surface area (Å²) in [5, 5.41) is 2.91. The van der Waals surface area contributed by atoms with Gasteiger partial charge in [-0.25, -0.2) is 4.39 Å². The van der Waals surface area contributed by atoms with E-state index in [2.05, 4.69) is 10.3 Å². The molecule has 3 nitrogen and oxygen atoms in total. The van der Waals surface area contributed by atoms with Crippen molar-refractivity contribution in [3.8, 4) is 0 Å². The summed E-state index contributed by atoms with van der Waals surface area (Å²) in [6.45, 7) is 4.39. The molecular formula is C12H23FN2O. The van der Waals surface area contributed by atoms with Gasteiger partial charge in [0.25, 0.3) is 0 Å². The second-order valence-corrected chi connectivity index (χ2v) is 4.07. The van der Waals surface area contributed by atoms with E-state index in [4.69, 9.17) is 0 Å². The molecule has 0 aliphatic carbocycles. The summed E-state index contributed by atoms with van der Waals surface area (Å²) >= 11 is 0. The third-order valence-corrected chi connectivity index (χ3v) is 2.32. The van der Waals surface area contributed by atoms with Gasteiger partial charge >= 0.3 is 0 Å². The molecule has 0 heterocycles. The maximum absolute atomic E-state index is 13.3. The minimum atomic E-state index is -1.17. The average Bonchev–Trinajstić information content (AvgIpc) is 2.24. The highest BCUT2D eigenvalue weighted by Gasteiger charge is 2.12. The molecule has 1 unspecified atom stereocenters. The van der Waals surface area contributed by atoms with Crippen LogP contribution in [0, 0.1) is 5.92 Å². The van der Waals surface area contributed by atoms with E-state index < -0.39 is 6.30 Å². The van der Waals surface area contributed by atoms with Crippen LogP contribution in [0.1, 0.15) is 39.5 Å². The van der Waals surface area contributed by atoms with Crippen molar-refractivity contribution >= 4 is 12.0 Å². The highest BCUT2D eigenvalue weighted by molar-refractivity contribution is 5.80. The van der Waals surface area contributed by atoms with E-state index in [1.165, 1.54) is 6.21 Å². The van der Waals surface area contributed by atoms with Gasteiger partial charge in [-0.05, 0) is 19.9 Å². The summed E-state index contributed by atoms with van der Waals surface area (Å²) in [5.74, 6) is 0.0974. The van der Waals surface area contributed by atoms with Crippen molar-refractivity contribution in [1.29, 1.82) is 0 Å². The van der Waals surface area contributed by atoms with Gasteiger partial charge < -0.3 is 5.32 Å². The maximum Gasteiger partial charge on any atom is 0.193 e. The summed E-state index contributed by atoms with van der Waals surface area (Å²) in [4.78, 5) is 14.9. The molecule has 0 amide bonds. The maximum atomic E-state index is 13.3. The smallest absolute Gasteiger partial charge is 0.193 e. The lowest BCUT2D eigenvalue weighted by Crippen LogP contribution is -2.23. The Hall–Kier alpha value is -0.770. The highest BCUT2D eigenvalue weighted by Crippen LogP contribution is 2.07. The van der Waals surface area contributed by atoms with Crippen LogP contribution in [-0.2, 0) is 4.79 Å². The number of rotatable bonds is 9. The number of halogens is 1. The zero-order valence-corrected chi connectivity index (χ0v) is 10.5. The molecule has 0 aromatic rings. The first-order valence-electron chi connectivity index (χ1n) is 5.93. The first-order valence-corrected chi connectivity index (χ1v) is 5.93. The second-order valence-electron chi connectivity index (χ2n) is 4.07. The predicted molar refractivity (Wildman–Crippen MR) is 65.6 cm³/mol. The zero-order chi connectivity index (χ0) is 12.4. The van der Waals surface area contributed by atoms with Crippen molar-refractivity contribution in [3.63, 3.8) is 0 Å². The summed E-state index contributed by atoms with van der Waals surface area (Å²) in [6.07, 6.45) is 2.87. The standard InChI is InChI=1S/C12H23FN2O/c1-4-6-11(16)7-5-8-15-12(13)10(2)9-14-3/h8,10,12,14H,4-7,9H2,1-3H3/t10?,12-/m0/s1. The van der Waals surface area contributed by atoms with Crippen LogP contribution in [0.3, 0.4) is 0 Å². The van der Waals surface area contributed by atoms with E-state index in [0.717, 1.165) is 6.42 Å². The van der Waals surface area contributed by atoms with Crippen LogP contribution in [0.4, 0.5) is 4.39 Å². The van der Waals surface area contributed by atoms with Gasteiger partial charge in [0, 0.05) is 31.5 Å². The van der Waals surface area contributed by atoms with Crippen LogP contribution in [-0.4, -0.2) is 31.9 Å². The van der Waals surface area contributed by atoms with Gasteiger partial charge in [0.05, 0.1) is 0 Å². The minimum absolute atomic E-state index is 0.132. The fourth-order valence-electron chi connectivity index (χ4n) is 1.37. The van der Waals surface area contributed by atoms with E-state index in [1.807, 2.05) is 6.92 Å². The molecule has 0 aromatic heterocycles.